The van der Waals surface area contributed by atoms with Gasteiger partial charge in [-0.15, -0.1) is 0 Å². The normalized spacial score (nSPS) is 14.2. The van der Waals surface area contributed by atoms with E-state index in [4.69, 9.17) is 0 Å². The minimum atomic E-state index is 0.334. The molecular formula is C16H21NOS. The minimum Gasteiger partial charge on any atom is -0.508 e. The van der Waals surface area contributed by atoms with Gasteiger partial charge in [-0.1, -0.05) is 12.1 Å². The first kappa shape index (κ1) is 14.1. The van der Waals surface area contributed by atoms with E-state index in [0.717, 1.165) is 12.8 Å². The molecule has 0 amide bonds. The van der Waals surface area contributed by atoms with Crippen LogP contribution in [0.2, 0.25) is 0 Å². The molecule has 0 radical (unpaired) electrons. The first-order valence-corrected chi connectivity index (χ1v) is 7.65. The third kappa shape index (κ3) is 4.37. The molecule has 1 aromatic carbocycles. The van der Waals surface area contributed by atoms with Crippen molar-refractivity contribution in [2.24, 2.45) is 0 Å². The number of phenols is 1. The first-order chi connectivity index (χ1) is 9.15. The van der Waals surface area contributed by atoms with Gasteiger partial charge in [-0.3, -0.25) is 0 Å². The van der Waals surface area contributed by atoms with E-state index >= 15 is 0 Å². The van der Waals surface area contributed by atoms with Crippen molar-refractivity contribution in [2.45, 2.75) is 38.8 Å². The number of aryl methyl sites for hydroxylation is 1. The number of hydrogen-bond acceptors (Lipinski definition) is 3. The van der Waals surface area contributed by atoms with E-state index in [2.05, 4.69) is 36.0 Å². The zero-order valence-electron chi connectivity index (χ0n) is 11.5. The van der Waals surface area contributed by atoms with E-state index in [1.165, 1.54) is 11.1 Å². The molecule has 0 saturated carbocycles. The Morgan fingerprint density at radius 1 is 1.16 bits per heavy atom. The van der Waals surface area contributed by atoms with Gasteiger partial charge in [0.05, 0.1) is 0 Å². The van der Waals surface area contributed by atoms with Gasteiger partial charge in [0.1, 0.15) is 5.75 Å². The van der Waals surface area contributed by atoms with Gasteiger partial charge in [0, 0.05) is 12.1 Å². The zero-order chi connectivity index (χ0) is 13.7. The number of hydrogen-bond donors (Lipinski definition) is 2. The summed E-state index contributed by atoms with van der Waals surface area (Å²) in [5.41, 5.74) is 2.64. The molecule has 2 atom stereocenters. The lowest BCUT2D eigenvalue weighted by Gasteiger charge is -2.19. The fraction of sp³-hybridized carbons (Fsp3) is 0.375. The Bertz CT molecular complexity index is 478. The maximum absolute atomic E-state index is 9.25. The summed E-state index contributed by atoms with van der Waals surface area (Å²) in [6.45, 7) is 4.43. The maximum atomic E-state index is 9.25. The highest BCUT2D eigenvalue weighted by molar-refractivity contribution is 7.07. The van der Waals surface area contributed by atoms with Gasteiger partial charge in [0.2, 0.25) is 0 Å². The molecule has 2 nitrogen and oxygen atoms in total. The number of thiophene rings is 1. The fourth-order valence-corrected chi connectivity index (χ4v) is 2.93. The van der Waals surface area contributed by atoms with Gasteiger partial charge in [-0.2, -0.15) is 11.3 Å². The lowest BCUT2D eigenvalue weighted by Crippen LogP contribution is -2.29. The summed E-state index contributed by atoms with van der Waals surface area (Å²) in [6, 6.07) is 10.5. The van der Waals surface area contributed by atoms with Gasteiger partial charge < -0.3 is 10.4 Å². The van der Waals surface area contributed by atoms with E-state index in [-0.39, 0.29) is 0 Å². The largest absolute Gasteiger partial charge is 0.508 e. The van der Waals surface area contributed by atoms with Gasteiger partial charge in [0.15, 0.2) is 0 Å². The highest BCUT2D eigenvalue weighted by Crippen LogP contribution is 2.17. The molecule has 1 heterocycles. The van der Waals surface area contributed by atoms with Crippen LogP contribution >= 0.6 is 11.3 Å². The Kier molecular flexibility index (Phi) is 5.00. The molecule has 0 saturated heterocycles. The molecule has 0 fully saturated rings. The molecule has 2 N–H and O–H groups in total. The summed E-state index contributed by atoms with van der Waals surface area (Å²) in [5, 5.41) is 17.2. The van der Waals surface area contributed by atoms with Crippen molar-refractivity contribution in [3.63, 3.8) is 0 Å². The summed E-state index contributed by atoms with van der Waals surface area (Å²) in [7, 11) is 0. The molecule has 3 heteroatoms. The molecule has 102 valence electrons. The van der Waals surface area contributed by atoms with E-state index in [0.29, 0.717) is 17.8 Å². The van der Waals surface area contributed by atoms with Gasteiger partial charge in [-0.05, 0) is 66.8 Å². The smallest absolute Gasteiger partial charge is 0.115 e. The molecule has 0 aliphatic heterocycles. The summed E-state index contributed by atoms with van der Waals surface area (Å²) in [4.78, 5) is 0. The topological polar surface area (TPSA) is 32.3 Å². The predicted octanol–water partition coefficient (Wildman–Crippen LogP) is 4.13. The summed E-state index contributed by atoms with van der Waals surface area (Å²) < 4.78 is 0. The Hall–Kier alpha value is -1.32. The summed E-state index contributed by atoms with van der Waals surface area (Å²) in [5.74, 6) is 0.334. The number of rotatable bonds is 6. The number of phenolic OH excluding ortho intramolecular Hbond substituents is 1. The van der Waals surface area contributed by atoms with Crippen molar-refractivity contribution < 1.29 is 5.11 Å². The van der Waals surface area contributed by atoms with Crippen LogP contribution in [0, 0.1) is 0 Å². The van der Waals surface area contributed by atoms with Crippen molar-refractivity contribution in [2.75, 3.05) is 0 Å². The van der Waals surface area contributed by atoms with Crippen molar-refractivity contribution in [3.05, 3.63) is 52.2 Å². The Balaban J connectivity index is 1.78. The SMILES string of the molecule is CC(CCc1ccc(O)cc1)NC(C)c1ccsc1. The average molecular weight is 275 g/mol. The van der Waals surface area contributed by atoms with Crippen LogP contribution < -0.4 is 5.32 Å². The molecule has 0 aliphatic carbocycles. The molecule has 0 bridgehead atoms. The second-order valence-corrected chi connectivity index (χ2v) is 5.83. The highest BCUT2D eigenvalue weighted by Gasteiger charge is 2.09. The molecule has 0 spiro atoms. The second kappa shape index (κ2) is 6.73. The lowest BCUT2D eigenvalue weighted by atomic mass is 10.0. The van der Waals surface area contributed by atoms with Crippen molar-refractivity contribution in [3.8, 4) is 5.75 Å². The van der Waals surface area contributed by atoms with Gasteiger partial charge in [-0.25, -0.2) is 0 Å². The third-order valence-electron chi connectivity index (χ3n) is 3.38. The minimum absolute atomic E-state index is 0.334. The van der Waals surface area contributed by atoms with Crippen LogP contribution in [0.1, 0.15) is 37.4 Å². The standard InChI is InChI=1S/C16H21NOS/c1-12(17-13(2)15-9-10-19-11-15)3-4-14-5-7-16(18)8-6-14/h5-13,17-18H,3-4H2,1-2H3. The molecule has 2 aromatic rings. The van der Waals surface area contributed by atoms with E-state index in [1.54, 1.807) is 23.5 Å². The van der Waals surface area contributed by atoms with Crippen LogP contribution in [0.3, 0.4) is 0 Å². The van der Waals surface area contributed by atoms with E-state index < -0.39 is 0 Å². The van der Waals surface area contributed by atoms with Gasteiger partial charge in [0.25, 0.3) is 0 Å². The average Bonchev–Trinajstić information content (AvgIpc) is 2.92. The second-order valence-electron chi connectivity index (χ2n) is 5.05. The van der Waals surface area contributed by atoms with Crippen LogP contribution in [0.25, 0.3) is 0 Å². The fourth-order valence-electron chi connectivity index (χ4n) is 2.17. The molecule has 0 aliphatic rings. The van der Waals surface area contributed by atoms with Crippen LogP contribution in [0.4, 0.5) is 0 Å². The van der Waals surface area contributed by atoms with Crippen LogP contribution in [-0.4, -0.2) is 11.1 Å². The molecule has 2 rings (SSSR count). The number of aromatic hydroxyl groups is 1. The van der Waals surface area contributed by atoms with Crippen molar-refractivity contribution in [1.82, 2.24) is 5.32 Å². The predicted molar refractivity (Wildman–Crippen MR) is 81.8 cm³/mol. The molecule has 19 heavy (non-hydrogen) atoms. The van der Waals surface area contributed by atoms with E-state index in [1.807, 2.05) is 12.1 Å². The summed E-state index contributed by atoms with van der Waals surface area (Å²) in [6.07, 6.45) is 2.13. The zero-order valence-corrected chi connectivity index (χ0v) is 12.3. The highest BCUT2D eigenvalue weighted by atomic mass is 32.1. The quantitative estimate of drug-likeness (QED) is 0.831. The van der Waals surface area contributed by atoms with E-state index in [9.17, 15) is 5.11 Å². The lowest BCUT2D eigenvalue weighted by molar-refractivity contribution is 0.456. The number of nitrogens with one attached hydrogen (secondary N) is 1. The third-order valence-corrected chi connectivity index (χ3v) is 4.08. The van der Waals surface area contributed by atoms with Crippen LogP contribution in [0.15, 0.2) is 41.1 Å². The molecular weight excluding hydrogens is 254 g/mol. The summed E-state index contributed by atoms with van der Waals surface area (Å²) >= 11 is 1.74. The first-order valence-electron chi connectivity index (χ1n) is 6.71. The Labute approximate surface area is 119 Å². The van der Waals surface area contributed by atoms with Gasteiger partial charge >= 0.3 is 0 Å². The van der Waals surface area contributed by atoms with Crippen LogP contribution in [0.5, 0.6) is 5.75 Å². The molecule has 1 aromatic heterocycles. The Morgan fingerprint density at radius 3 is 2.53 bits per heavy atom. The number of benzene rings is 1. The molecule has 2 unspecified atom stereocenters. The van der Waals surface area contributed by atoms with Crippen LogP contribution in [-0.2, 0) is 6.42 Å². The van der Waals surface area contributed by atoms with Crippen molar-refractivity contribution in [1.29, 1.82) is 0 Å². The Morgan fingerprint density at radius 2 is 1.89 bits per heavy atom. The maximum Gasteiger partial charge on any atom is 0.115 e. The van der Waals surface area contributed by atoms with Crippen molar-refractivity contribution >= 4 is 11.3 Å². The monoisotopic (exact) mass is 275 g/mol.